The monoisotopic (exact) mass is 385 g/mol. The van der Waals surface area contributed by atoms with Crippen LogP contribution in [-0.4, -0.2) is 13.8 Å². The molecule has 0 saturated heterocycles. The number of para-hydroxylation sites is 2. The third-order valence-corrected chi connectivity index (χ3v) is 5.24. The molecule has 0 unspecified atom stereocenters. The molecule has 0 fully saturated rings. The summed E-state index contributed by atoms with van der Waals surface area (Å²) in [5, 5.41) is 0.551. The van der Waals surface area contributed by atoms with Crippen LogP contribution in [0.1, 0.15) is 5.56 Å². The summed E-state index contributed by atoms with van der Waals surface area (Å²) in [6.07, 6.45) is 1.54. The molecule has 0 aliphatic carbocycles. The molecule has 1 aromatic heterocycles. The van der Waals surface area contributed by atoms with Crippen LogP contribution < -0.4 is 19.8 Å². The third-order valence-electron chi connectivity index (χ3n) is 5.24. The summed E-state index contributed by atoms with van der Waals surface area (Å²) in [5.74, 6) is 1.51. The zero-order valence-electron chi connectivity index (χ0n) is 15.9. The Morgan fingerprint density at radius 1 is 0.966 bits per heavy atom. The van der Waals surface area contributed by atoms with E-state index in [0.29, 0.717) is 29.8 Å². The predicted molar refractivity (Wildman–Crippen MR) is 113 cm³/mol. The van der Waals surface area contributed by atoms with Gasteiger partial charge in [0.25, 0.3) is 0 Å². The molecule has 0 spiro atoms. The molecule has 3 aromatic carbocycles. The van der Waals surface area contributed by atoms with Gasteiger partial charge in [-0.3, -0.25) is 4.79 Å². The molecule has 4 aromatic rings. The SMILES string of the molecule is COc1ccccc1N1COc2ccc3c(=O)c(-c4ccccc4)coc3c2C1. The maximum atomic E-state index is 13.1. The lowest BCUT2D eigenvalue weighted by atomic mass is 10.0. The first-order chi connectivity index (χ1) is 14.3. The molecule has 0 atom stereocenters. The second-order valence-corrected chi connectivity index (χ2v) is 6.91. The second kappa shape index (κ2) is 7.02. The van der Waals surface area contributed by atoms with Gasteiger partial charge in [0.1, 0.15) is 23.3 Å². The average Bonchev–Trinajstić information content (AvgIpc) is 2.79. The van der Waals surface area contributed by atoms with Crippen LogP contribution >= 0.6 is 0 Å². The van der Waals surface area contributed by atoms with Gasteiger partial charge in [-0.1, -0.05) is 42.5 Å². The summed E-state index contributed by atoms with van der Waals surface area (Å²) < 4.78 is 17.4. The van der Waals surface area contributed by atoms with Gasteiger partial charge >= 0.3 is 0 Å². The summed E-state index contributed by atoms with van der Waals surface area (Å²) in [4.78, 5) is 15.2. The van der Waals surface area contributed by atoms with E-state index in [1.807, 2.05) is 60.7 Å². The van der Waals surface area contributed by atoms with Crippen molar-refractivity contribution in [2.24, 2.45) is 0 Å². The maximum absolute atomic E-state index is 13.1. The molecule has 0 amide bonds. The molecule has 1 aliphatic heterocycles. The van der Waals surface area contributed by atoms with Crippen molar-refractivity contribution in [1.82, 2.24) is 0 Å². The molecule has 5 nitrogen and oxygen atoms in total. The zero-order chi connectivity index (χ0) is 19.8. The average molecular weight is 385 g/mol. The van der Waals surface area contributed by atoms with Crippen molar-refractivity contribution in [3.8, 4) is 22.6 Å². The Bertz CT molecular complexity index is 1250. The molecule has 5 heteroatoms. The van der Waals surface area contributed by atoms with Crippen LogP contribution in [0.3, 0.4) is 0 Å². The highest BCUT2D eigenvalue weighted by Gasteiger charge is 2.24. The van der Waals surface area contributed by atoms with Crippen LogP contribution in [0, 0.1) is 0 Å². The first-order valence-corrected chi connectivity index (χ1v) is 9.40. The van der Waals surface area contributed by atoms with Crippen molar-refractivity contribution >= 4 is 16.7 Å². The molecule has 1 aliphatic rings. The molecule has 0 radical (unpaired) electrons. The number of benzene rings is 3. The Balaban J connectivity index is 1.61. The fourth-order valence-corrected chi connectivity index (χ4v) is 3.77. The maximum Gasteiger partial charge on any atom is 0.200 e. The zero-order valence-corrected chi connectivity index (χ0v) is 15.9. The van der Waals surface area contributed by atoms with Crippen molar-refractivity contribution in [2.45, 2.75) is 6.54 Å². The van der Waals surface area contributed by atoms with Crippen LogP contribution in [0.15, 0.2) is 82.2 Å². The number of anilines is 1. The highest BCUT2D eigenvalue weighted by atomic mass is 16.5. The third kappa shape index (κ3) is 2.91. The number of hydrogen-bond acceptors (Lipinski definition) is 5. The lowest BCUT2D eigenvalue weighted by Crippen LogP contribution is -2.32. The molecule has 0 N–H and O–H groups in total. The predicted octanol–water partition coefficient (Wildman–Crippen LogP) is 4.83. The lowest BCUT2D eigenvalue weighted by Gasteiger charge is -2.31. The smallest absolute Gasteiger partial charge is 0.200 e. The Kier molecular flexibility index (Phi) is 4.21. The van der Waals surface area contributed by atoms with E-state index >= 15 is 0 Å². The quantitative estimate of drug-likeness (QED) is 0.506. The van der Waals surface area contributed by atoms with Gasteiger partial charge < -0.3 is 18.8 Å². The van der Waals surface area contributed by atoms with Gasteiger partial charge in [0.2, 0.25) is 5.43 Å². The molecule has 5 rings (SSSR count). The number of methoxy groups -OCH3 is 1. The summed E-state index contributed by atoms with van der Waals surface area (Å²) in [6, 6.07) is 21.0. The highest BCUT2D eigenvalue weighted by molar-refractivity contribution is 5.86. The Hall–Kier alpha value is -3.73. The Morgan fingerprint density at radius 3 is 2.59 bits per heavy atom. The van der Waals surface area contributed by atoms with E-state index in [1.54, 1.807) is 19.4 Å². The fraction of sp³-hybridized carbons (Fsp3) is 0.125. The number of rotatable bonds is 3. The molecule has 0 saturated carbocycles. The van der Waals surface area contributed by atoms with Crippen LogP contribution in [0.5, 0.6) is 11.5 Å². The van der Waals surface area contributed by atoms with Crippen LogP contribution in [0.2, 0.25) is 0 Å². The standard InChI is InChI=1S/C24H19NO4/c1-27-22-10-6-5-9-20(22)25-13-18-21(29-15-25)12-11-17-23(26)19(14-28-24(17)18)16-7-3-2-4-8-16/h2-12,14H,13,15H2,1H3. The summed E-state index contributed by atoms with van der Waals surface area (Å²) in [6.45, 7) is 0.950. The van der Waals surface area contributed by atoms with Gasteiger partial charge in [0, 0.05) is 0 Å². The molecule has 0 bridgehead atoms. The van der Waals surface area contributed by atoms with Gasteiger partial charge in [-0.15, -0.1) is 0 Å². The van der Waals surface area contributed by atoms with Gasteiger partial charge in [0.15, 0.2) is 6.73 Å². The molecular weight excluding hydrogens is 366 g/mol. The highest BCUT2D eigenvalue weighted by Crippen LogP contribution is 2.36. The number of nitrogens with zero attached hydrogens (tertiary/aromatic N) is 1. The summed E-state index contributed by atoms with van der Waals surface area (Å²) in [5.41, 5.74) is 3.70. The largest absolute Gasteiger partial charge is 0.495 e. The topological polar surface area (TPSA) is 51.9 Å². The summed E-state index contributed by atoms with van der Waals surface area (Å²) in [7, 11) is 1.65. The van der Waals surface area contributed by atoms with Crippen molar-refractivity contribution in [3.63, 3.8) is 0 Å². The normalized spacial score (nSPS) is 13.1. The van der Waals surface area contributed by atoms with Crippen molar-refractivity contribution in [1.29, 1.82) is 0 Å². The van der Waals surface area contributed by atoms with Crippen LogP contribution in [0.4, 0.5) is 5.69 Å². The Labute approximate surface area is 167 Å². The molecule has 2 heterocycles. The summed E-state index contributed by atoms with van der Waals surface area (Å²) >= 11 is 0. The minimum atomic E-state index is -0.0466. The molecular formula is C24H19NO4. The minimum Gasteiger partial charge on any atom is -0.495 e. The van der Waals surface area contributed by atoms with Crippen molar-refractivity contribution in [3.05, 3.63) is 88.8 Å². The Morgan fingerprint density at radius 2 is 1.76 bits per heavy atom. The van der Waals surface area contributed by atoms with E-state index in [2.05, 4.69) is 4.90 Å². The van der Waals surface area contributed by atoms with Gasteiger partial charge in [-0.2, -0.15) is 0 Å². The van der Waals surface area contributed by atoms with Crippen molar-refractivity contribution < 1.29 is 13.9 Å². The van der Waals surface area contributed by atoms with Gasteiger partial charge in [0.05, 0.1) is 35.9 Å². The minimum absolute atomic E-state index is 0.0466. The van der Waals surface area contributed by atoms with Gasteiger partial charge in [-0.25, -0.2) is 0 Å². The number of ether oxygens (including phenoxy) is 2. The molecule has 29 heavy (non-hydrogen) atoms. The van der Waals surface area contributed by atoms with E-state index in [9.17, 15) is 4.79 Å². The van der Waals surface area contributed by atoms with E-state index in [4.69, 9.17) is 13.9 Å². The fourth-order valence-electron chi connectivity index (χ4n) is 3.77. The van der Waals surface area contributed by atoms with E-state index in [-0.39, 0.29) is 5.43 Å². The first kappa shape index (κ1) is 17.4. The van der Waals surface area contributed by atoms with Crippen LogP contribution in [-0.2, 0) is 6.54 Å². The van der Waals surface area contributed by atoms with E-state index in [0.717, 1.165) is 28.3 Å². The first-order valence-electron chi connectivity index (χ1n) is 9.40. The van der Waals surface area contributed by atoms with Gasteiger partial charge in [-0.05, 0) is 29.8 Å². The van der Waals surface area contributed by atoms with E-state index < -0.39 is 0 Å². The van der Waals surface area contributed by atoms with E-state index in [1.165, 1.54) is 0 Å². The lowest BCUT2D eigenvalue weighted by molar-refractivity contribution is 0.287. The molecule has 144 valence electrons. The van der Waals surface area contributed by atoms with Crippen LogP contribution in [0.25, 0.3) is 22.1 Å². The number of hydrogen-bond donors (Lipinski definition) is 0. The van der Waals surface area contributed by atoms with Crippen molar-refractivity contribution in [2.75, 3.05) is 18.7 Å². The second-order valence-electron chi connectivity index (χ2n) is 6.91. The number of fused-ring (bicyclic) bond motifs is 3.